The van der Waals surface area contributed by atoms with Crippen molar-refractivity contribution in [2.45, 2.75) is 6.92 Å². The standard InChI is InChI=1S/C8H6O4.C2H7N/c9-7(10)5-3-1-2-4-6(5)8(11)12;1-2-3/h1-4H,(H,9,10)(H,11,12);2-3H2,1H3. The summed E-state index contributed by atoms with van der Waals surface area (Å²) >= 11 is 0. The maximum atomic E-state index is 10.5. The van der Waals surface area contributed by atoms with Crippen molar-refractivity contribution in [3.63, 3.8) is 0 Å². The number of hydrogen-bond donors (Lipinski definition) is 3. The van der Waals surface area contributed by atoms with E-state index in [1.807, 2.05) is 6.92 Å². The molecule has 0 radical (unpaired) electrons. The van der Waals surface area contributed by atoms with Gasteiger partial charge in [-0.15, -0.1) is 0 Å². The second kappa shape index (κ2) is 6.56. The van der Waals surface area contributed by atoms with Gasteiger partial charge in [-0.2, -0.15) is 0 Å². The zero-order valence-electron chi connectivity index (χ0n) is 8.30. The highest BCUT2D eigenvalue weighted by atomic mass is 16.4. The molecule has 1 rings (SSSR count). The Labute approximate surface area is 87.1 Å². The van der Waals surface area contributed by atoms with Gasteiger partial charge >= 0.3 is 11.9 Å². The van der Waals surface area contributed by atoms with Crippen LogP contribution < -0.4 is 5.73 Å². The number of carboxylic acids is 2. The second-order valence-electron chi connectivity index (χ2n) is 2.56. The molecule has 0 amide bonds. The summed E-state index contributed by atoms with van der Waals surface area (Å²) in [6, 6.07) is 5.48. The Morgan fingerprint density at radius 2 is 1.40 bits per heavy atom. The topological polar surface area (TPSA) is 101 Å². The van der Waals surface area contributed by atoms with Crippen molar-refractivity contribution in [3.05, 3.63) is 35.4 Å². The maximum Gasteiger partial charge on any atom is 0.336 e. The lowest BCUT2D eigenvalue weighted by Gasteiger charge is -1.98. The molecular weight excluding hydrogens is 198 g/mol. The fraction of sp³-hybridized carbons (Fsp3) is 0.200. The third-order valence-corrected chi connectivity index (χ3v) is 1.39. The lowest BCUT2D eigenvalue weighted by Crippen LogP contribution is -2.06. The molecule has 15 heavy (non-hydrogen) atoms. The van der Waals surface area contributed by atoms with Crippen LogP contribution in [0.3, 0.4) is 0 Å². The van der Waals surface area contributed by atoms with Gasteiger partial charge in [0.1, 0.15) is 0 Å². The average Bonchev–Trinajstić information content (AvgIpc) is 2.19. The molecular formula is C10H13NO4. The lowest BCUT2D eigenvalue weighted by atomic mass is 10.1. The molecule has 5 nitrogen and oxygen atoms in total. The summed E-state index contributed by atoms with van der Waals surface area (Å²) in [5, 5.41) is 17.1. The van der Waals surface area contributed by atoms with Crippen LogP contribution in [-0.2, 0) is 0 Å². The van der Waals surface area contributed by atoms with E-state index in [4.69, 9.17) is 15.9 Å². The molecule has 0 saturated heterocycles. The summed E-state index contributed by atoms with van der Waals surface area (Å²) in [6.07, 6.45) is 0. The molecule has 0 unspecified atom stereocenters. The minimum Gasteiger partial charge on any atom is -0.478 e. The Hall–Kier alpha value is -1.88. The molecule has 4 N–H and O–H groups in total. The van der Waals surface area contributed by atoms with Crippen molar-refractivity contribution >= 4 is 11.9 Å². The summed E-state index contributed by atoms with van der Waals surface area (Å²) in [4.78, 5) is 20.9. The SMILES string of the molecule is CCN.O=C(O)c1ccccc1C(=O)O. The van der Waals surface area contributed by atoms with Gasteiger partial charge in [0.25, 0.3) is 0 Å². The van der Waals surface area contributed by atoms with Crippen molar-refractivity contribution in [2.75, 3.05) is 6.54 Å². The Morgan fingerprint density at radius 3 is 1.60 bits per heavy atom. The van der Waals surface area contributed by atoms with Gasteiger partial charge in [0.05, 0.1) is 11.1 Å². The number of benzene rings is 1. The van der Waals surface area contributed by atoms with Gasteiger partial charge in [-0.1, -0.05) is 19.1 Å². The molecule has 5 heteroatoms. The first-order valence-corrected chi connectivity index (χ1v) is 4.30. The van der Waals surface area contributed by atoms with Gasteiger partial charge in [-0.05, 0) is 18.7 Å². The van der Waals surface area contributed by atoms with Gasteiger partial charge < -0.3 is 15.9 Å². The van der Waals surface area contributed by atoms with Crippen LogP contribution in [0.25, 0.3) is 0 Å². The molecule has 1 aromatic rings. The molecule has 82 valence electrons. The van der Waals surface area contributed by atoms with E-state index in [9.17, 15) is 9.59 Å². The molecule has 0 aromatic heterocycles. The van der Waals surface area contributed by atoms with Crippen molar-refractivity contribution in [1.82, 2.24) is 0 Å². The Bertz CT molecular complexity index is 316. The average molecular weight is 211 g/mol. The van der Waals surface area contributed by atoms with E-state index < -0.39 is 11.9 Å². The van der Waals surface area contributed by atoms with E-state index in [1.165, 1.54) is 24.3 Å². The molecule has 0 aliphatic carbocycles. The minimum absolute atomic E-state index is 0.190. The van der Waals surface area contributed by atoms with Crippen molar-refractivity contribution in [3.8, 4) is 0 Å². The predicted molar refractivity (Wildman–Crippen MR) is 55.1 cm³/mol. The van der Waals surface area contributed by atoms with Crippen molar-refractivity contribution in [1.29, 1.82) is 0 Å². The number of nitrogens with two attached hydrogens (primary N) is 1. The van der Waals surface area contributed by atoms with E-state index in [0.717, 1.165) is 6.54 Å². The number of hydrogen-bond acceptors (Lipinski definition) is 3. The molecule has 0 aliphatic heterocycles. The van der Waals surface area contributed by atoms with Crippen molar-refractivity contribution < 1.29 is 19.8 Å². The number of carbonyl (C=O) groups is 2. The van der Waals surface area contributed by atoms with Crippen LogP contribution in [0.1, 0.15) is 27.6 Å². The first-order chi connectivity index (χ1) is 7.04. The first-order valence-electron chi connectivity index (χ1n) is 4.30. The zero-order valence-corrected chi connectivity index (χ0v) is 8.30. The van der Waals surface area contributed by atoms with Gasteiger partial charge in [0.15, 0.2) is 0 Å². The Kier molecular flexibility index (Phi) is 5.73. The highest BCUT2D eigenvalue weighted by molar-refractivity contribution is 6.01. The predicted octanol–water partition coefficient (Wildman–Crippen LogP) is 1.05. The highest BCUT2D eigenvalue weighted by Gasteiger charge is 2.13. The number of rotatable bonds is 2. The summed E-state index contributed by atoms with van der Waals surface area (Å²) in [5.74, 6) is -2.46. The van der Waals surface area contributed by atoms with Gasteiger partial charge in [-0.3, -0.25) is 0 Å². The van der Waals surface area contributed by atoms with Crippen LogP contribution in [0.2, 0.25) is 0 Å². The van der Waals surface area contributed by atoms with Gasteiger partial charge in [0, 0.05) is 0 Å². The van der Waals surface area contributed by atoms with E-state index in [2.05, 4.69) is 0 Å². The Balaban J connectivity index is 0.000000583. The smallest absolute Gasteiger partial charge is 0.336 e. The minimum atomic E-state index is -1.23. The van der Waals surface area contributed by atoms with Crippen LogP contribution in [0.15, 0.2) is 24.3 Å². The van der Waals surface area contributed by atoms with E-state index >= 15 is 0 Å². The van der Waals surface area contributed by atoms with E-state index in [-0.39, 0.29) is 11.1 Å². The third kappa shape index (κ3) is 4.24. The lowest BCUT2D eigenvalue weighted by molar-refractivity contribution is 0.0651. The van der Waals surface area contributed by atoms with Crippen LogP contribution in [0, 0.1) is 0 Å². The van der Waals surface area contributed by atoms with Crippen LogP contribution >= 0.6 is 0 Å². The van der Waals surface area contributed by atoms with E-state index in [0.29, 0.717) is 0 Å². The quantitative estimate of drug-likeness (QED) is 0.678. The number of aromatic carboxylic acids is 2. The van der Waals surface area contributed by atoms with E-state index in [1.54, 1.807) is 0 Å². The largest absolute Gasteiger partial charge is 0.478 e. The molecule has 0 bridgehead atoms. The molecule has 1 aromatic carbocycles. The highest BCUT2D eigenvalue weighted by Crippen LogP contribution is 2.07. The molecule has 0 atom stereocenters. The number of carboxylic acid groups (broad SMARTS) is 2. The fourth-order valence-electron chi connectivity index (χ4n) is 0.856. The fourth-order valence-corrected chi connectivity index (χ4v) is 0.856. The summed E-state index contributed by atoms with van der Waals surface area (Å²) in [7, 11) is 0. The Morgan fingerprint density at radius 1 is 1.13 bits per heavy atom. The monoisotopic (exact) mass is 211 g/mol. The molecule has 0 saturated carbocycles. The first kappa shape index (κ1) is 13.1. The second-order valence-corrected chi connectivity index (χ2v) is 2.56. The summed E-state index contributed by atoms with van der Waals surface area (Å²) < 4.78 is 0. The molecule has 0 fully saturated rings. The molecule has 0 heterocycles. The molecule has 0 spiro atoms. The zero-order chi connectivity index (χ0) is 11.8. The maximum absolute atomic E-state index is 10.5. The van der Waals surface area contributed by atoms with Crippen molar-refractivity contribution in [2.24, 2.45) is 5.73 Å². The van der Waals surface area contributed by atoms with Crippen LogP contribution in [0.5, 0.6) is 0 Å². The summed E-state index contributed by atoms with van der Waals surface area (Å²) in [5.41, 5.74) is 4.47. The summed E-state index contributed by atoms with van der Waals surface area (Å²) in [6.45, 7) is 2.65. The van der Waals surface area contributed by atoms with Gasteiger partial charge in [0.2, 0.25) is 0 Å². The van der Waals surface area contributed by atoms with Crippen LogP contribution in [0.4, 0.5) is 0 Å². The van der Waals surface area contributed by atoms with Gasteiger partial charge in [-0.25, -0.2) is 9.59 Å². The molecule has 0 aliphatic rings. The third-order valence-electron chi connectivity index (χ3n) is 1.39. The van der Waals surface area contributed by atoms with Crippen LogP contribution in [-0.4, -0.2) is 28.7 Å². The normalized spacial score (nSPS) is 8.67.